The summed E-state index contributed by atoms with van der Waals surface area (Å²) < 4.78 is 2.40. The van der Waals surface area contributed by atoms with Crippen LogP contribution in [0.1, 0.15) is 43.6 Å². The van der Waals surface area contributed by atoms with E-state index in [0.717, 1.165) is 31.4 Å². The molecule has 0 amide bonds. The molecule has 0 saturated heterocycles. The number of hydrogen-bond acceptors (Lipinski definition) is 2. The molecule has 1 aromatic carbocycles. The summed E-state index contributed by atoms with van der Waals surface area (Å²) >= 11 is 0. The Balaban J connectivity index is 2.43. The van der Waals surface area contributed by atoms with Crippen LogP contribution in [0.15, 0.2) is 12.1 Å². The molecule has 110 valence electrons. The highest BCUT2D eigenvalue weighted by Gasteiger charge is 2.12. The second kappa shape index (κ2) is 6.40. The third-order valence-electron chi connectivity index (χ3n) is 3.98. The third kappa shape index (κ3) is 3.21. The molecule has 0 saturated carbocycles. The van der Waals surface area contributed by atoms with E-state index in [1.807, 2.05) is 0 Å². The van der Waals surface area contributed by atoms with Gasteiger partial charge >= 0.3 is 0 Å². The number of hydrogen-bond donors (Lipinski definition) is 1. The molecular weight excluding hydrogens is 246 g/mol. The molecule has 0 aliphatic heterocycles. The van der Waals surface area contributed by atoms with Crippen LogP contribution in [0.2, 0.25) is 0 Å². The van der Waals surface area contributed by atoms with Crippen LogP contribution in [0.4, 0.5) is 0 Å². The Kier molecular flexibility index (Phi) is 4.81. The van der Waals surface area contributed by atoms with Gasteiger partial charge in [0.25, 0.3) is 0 Å². The normalized spacial score (nSPS) is 11.7. The molecule has 1 heterocycles. The van der Waals surface area contributed by atoms with Crippen molar-refractivity contribution in [2.24, 2.45) is 11.7 Å². The van der Waals surface area contributed by atoms with Crippen molar-refractivity contribution in [1.82, 2.24) is 9.55 Å². The van der Waals surface area contributed by atoms with Crippen LogP contribution in [-0.2, 0) is 13.0 Å². The third-order valence-corrected chi connectivity index (χ3v) is 3.98. The molecule has 3 nitrogen and oxygen atoms in total. The maximum atomic E-state index is 5.65. The lowest BCUT2D eigenvalue weighted by molar-refractivity contribution is 0.510. The Hall–Kier alpha value is -1.35. The maximum absolute atomic E-state index is 5.65. The zero-order valence-corrected chi connectivity index (χ0v) is 13.2. The van der Waals surface area contributed by atoms with E-state index in [4.69, 9.17) is 10.7 Å². The predicted molar refractivity (Wildman–Crippen MR) is 86.0 cm³/mol. The first kappa shape index (κ1) is 15.0. The van der Waals surface area contributed by atoms with Gasteiger partial charge in [-0.2, -0.15) is 0 Å². The van der Waals surface area contributed by atoms with E-state index in [2.05, 4.69) is 44.4 Å². The number of fused-ring (bicyclic) bond motifs is 1. The first-order valence-electron chi connectivity index (χ1n) is 7.69. The van der Waals surface area contributed by atoms with Gasteiger partial charge in [-0.1, -0.05) is 13.8 Å². The fourth-order valence-electron chi connectivity index (χ4n) is 2.52. The summed E-state index contributed by atoms with van der Waals surface area (Å²) in [5.74, 6) is 1.90. The molecule has 2 aromatic rings. The summed E-state index contributed by atoms with van der Waals surface area (Å²) in [5, 5.41) is 0. The highest BCUT2D eigenvalue weighted by Crippen LogP contribution is 2.22. The van der Waals surface area contributed by atoms with Crippen LogP contribution >= 0.6 is 0 Å². The molecule has 20 heavy (non-hydrogen) atoms. The van der Waals surface area contributed by atoms with E-state index >= 15 is 0 Å². The lowest BCUT2D eigenvalue weighted by Gasteiger charge is -2.11. The fourth-order valence-corrected chi connectivity index (χ4v) is 2.52. The van der Waals surface area contributed by atoms with Crippen molar-refractivity contribution in [1.29, 1.82) is 0 Å². The van der Waals surface area contributed by atoms with Crippen molar-refractivity contribution in [2.75, 3.05) is 6.54 Å². The topological polar surface area (TPSA) is 43.8 Å². The van der Waals surface area contributed by atoms with Gasteiger partial charge in [0.05, 0.1) is 11.0 Å². The van der Waals surface area contributed by atoms with Gasteiger partial charge in [-0.3, -0.25) is 0 Å². The largest absolute Gasteiger partial charge is 0.330 e. The highest BCUT2D eigenvalue weighted by molar-refractivity contribution is 5.78. The van der Waals surface area contributed by atoms with Gasteiger partial charge < -0.3 is 10.3 Å². The van der Waals surface area contributed by atoms with Gasteiger partial charge in [0.1, 0.15) is 5.82 Å². The monoisotopic (exact) mass is 273 g/mol. The van der Waals surface area contributed by atoms with Gasteiger partial charge in [-0.25, -0.2) is 4.98 Å². The van der Waals surface area contributed by atoms with E-state index in [0.29, 0.717) is 5.92 Å². The average molecular weight is 273 g/mol. The minimum Gasteiger partial charge on any atom is -0.330 e. The van der Waals surface area contributed by atoms with Crippen LogP contribution in [0.5, 0.6) is 0 Å². The Morgan fingerprint density at radius 3 is 2.55 bits per heavy atom. The summed E-state index contributed by atoms with van der Waals surface area (Å²) in [6, 6.07) is 4.49. The Morgan fingerprint density at radius 2 is 1.90 bits per heavy atom. The number of nitrogens with zero attached hydrogens (tertiary/aromatic N) is 2. The quantitative estimate of drug-likeness (QED) is 0.874. The van der Waals surface area contributed by atoms with Crippen molar-refractivity contribution in [3.63, 3.8) is 0 Å². The van der Waals surface area contributed by atoms with E-state index in [9.17, 15) is 0 Å². The predicted octanol–water partition coefficient (Wildman–Crippen LogP) is 3.59. The molecule has 0 fully saturated rings. The molecule has 2 rings (SSSR count). The molecule has 0 aliphatic rings. The number of aryl methyl sites for hydroxylation is 4. The van der Waals surface area contributed by atoms with Crippen molar-refractivity contribution in [3.05, 3.63) is 29.1 Å². The Bertz CT molecular complexity index is 581. The maximum Gasteiger partial charge on any atom is 0.109 e. The molecule has 0 bridgehead atoms. The number of rotatable bonds is 6. The van der Waals surface area contributed by atoms with Gasteiger partial charge in [0.15, 0.2) is 0 Å². The van der Waals surface area contributed by atoms with Gasteiger partial charge in [0.2, 0.25) is 0 Å². The molecule has 1 aromatic heterocycles. The Labute approximate surface area is 122 Å². The highest BCUT2D eigenvalue weighted by atomic mass is 15.1. The minimum absolute atomic E-state index is 0.710. The number of imidazole rings is 1. The van der Waals surface area contributed by atoms with Gasteiger partial charge in [0, 0.05) is 13.0 Å². The minimum atomic E-state index is 0.710. The molecule has 3 heteroatoms. The summed E-state index contributed by atoms with van der Waals surface area (Å²) in [4.78, 5) is 4.84. The molecule has 0 aliphatic carbocycles. The fraction of sp³-hybridized carbons (Fsp3) is 0.588. The second-order valence-corrected chi connectivity index (χ2v) is 6.18. The first-order valence-corrected chi connectivity index (χ1v) is 7.69. The number of aromatic nitrogens is 2. The lowest BCUT2D eigenvalue weighted by atomic mass is 10.1. The van der Waals surface area contributed by atoms with Crippen LogP contribution in [0.25, 0.3) is 11.0 Å². The summed E-state index contributed by atoms with van der Waals surface area (Å²) in [7, 11) is 0. The van der Waals surface area contributed by atoms with Crippen molar-refractivity contribution < 1.29 is 0 Å². The van der Waals surface area contributed by atoms with Crippen LogP contribution < -0.4 is 5.73 Å². The van der Waals surface area contributed by atoms with Crippen LogP contribution in [0, 0.1) is 19.8 Å². The van der Waals surface area contributed by atoms with Gasteiger partial charge in [-0.15, -0.1) is 0 Å². The van der Waals surface area contributed by atoms with Crippen molar-refractivity contribution >= 4 is 11.0 Å². The number of nitrogens with two attached hydrogens (primary N) is 1. The van der Waals surface area contributed by atoms with Gasteiger partial charge in [-0.05, 0) is 62.4 Å². The van der Waals surface area contributed by atoms with E-state index < -0.39 is 0 Å². The van der Waals surface area contributed by atoms with Crippen LogP contribution in [0.3, 0.4) is 0 Å². The van der Waals surface area contributed by atoms with Crippen LogP contribution in [-0.4, -0.2) is 16.1 Å². The Morgan fingerprint density at radius 1 is 1.20 bits per heavy atom. The summed E-state index contributed by atoms with van der Waals surface area (Å²) in [6.07, 6.45) is 3.17. The zero-order chi connectivity index (χ0) is 14.7. The molecule has 0 radical (unpaired) electrons. The summed E-state index contributed by atoms with van der Waals surface area (Å²) in [6.45, 7) is 10.7. The smallest absolute Gasteiger partial charge is 0.109 e. The summed E-state index contributed by atoms with van der Waals surface area (Å²) in [5.41, 5.74) is 10.7. The lowest BCUT2D eigenvalue weighted by Crippen LogP contribution is -2.09. The molecule has 0 spiro atoms. The SMILES string of the molecule is Cc1cc2nc(CCCN)n(CCC(C)C)c2cc1C. The molecular formula is C17H27N3. The zero-order valence-electron chi connectivity index (χ0n) is 13.2. The van der Waals surface area contributed by atoms with E-state index in [1.54, 1.807) is 0 Å². The van der Waals surface area contributed by atoms with Crippen molar-refractivity contribution in [3.8, 4) is 0 Å². The molecule has 0 unspecified atom stereocenters. The average Bonchev–Trinajstić information content (AvgIpc) is 2.71. The first-order chi connectivity index (χ1) is 9.52. The molecule has 2 N–H and O–H groups in total. The number of benzene rings is 1. The second-order valence-electron chi connectivity index (χ2n) is 6.18. The van der Waals surface area contributed by atoms with E-state index in [-0.39, 0.29) is 0 Å². The van der Waals surface area contributed by atoms with E-state index in [1.165, 1.54) is 28.9 Å². The standard InChI is InChI=1S/C17H27N3/c1-12(2)7-9-20-16-11-14(4)13(3)10-15(16)19-17(20)6-5-8-18/h10-12H,5-9,18H2,1-4H3. The van der Waals surface area contributed by atoms with Crippen molar-refractivity contribution in [2.45, 2.75) is 53.5 Å². The molecule has 0 atom stereocenters.